The minimum atomic E-state index is 0.198. The first-order valence-corrected chi connectivity index (χ1v) is 2.48. The van der Waals surface area contributed by atoms with Crippen LogP contribution in [0, 0.1) is 22.8 Å². The van der Waals surface area contributed by atoms with E-state index in [0.29, 0.717) is 0 Å². The van der Waals surface area contributed by atoms with Gasteiger partial charge in [-0.25, -0.2) is 0 Å². The second-order valence-electron chi connectivity index (χ2n) is 0.756. The van der Waals surface area contributed by atoms with E-state index in [1.165, 1.54) is 0 Å². The summed E-state index contributed by atoms with van der Waals surface area (Å²) in [6.45, 7) is 0.198. The lowest BCUT2D eigenvalue weighted by molar-refractivity contribution is 0.328. The van der Waals surface area contributed by atoms with Crippen LogP contribution >= 0.6 is 23.2 Å². The lowest BCUT2D eigenvalue weighted by atomic mass is 10.8. The highest BCUT2D eigenvalue weighted by atomic mass is 35.5. The number of hydrogen-bond donors (Lipinski definition) is 0. The zero-order valence-electron chi connectivity index (χ0n) is 3.87. The Morgan fingerprint density at radius 1 is 1.25 bits per heavy atom. The first-order valence-electron chi connectivity index (χ1n) is 1.72. The molecule has 0 rings (SSSR count). The standard InChI is InChI=1S/C5H2Cl2O/c6-2-1-4-8-5-3-7/h4H2. The highest BCUT2D eigenvalue weighted by Crippen LogP contribution is 1.70. The lowest BCUT2D eigenvalue weighted by Gasteiger charge is -1.80. The van der Waals surface area contributed by atoms with Gasteiger partial charge >= 0.3 is 0 Å². The Bertz CT molecular complexity index is 135. The molecule has 0 aromatic heterocycles. The van der Waals surface area contributed by atoms with Crippen LogP contribution in [-0.4, -0.2) is 6.61 Å². The molecule has 0 amide bonds. The Labute approximate surface area is 57.9 Å². The lowest BCUT2D eigenvalue weighted by Crippen LogP contribution is -1.78. The van der Waals surface area contributed by atoms with Crippen LogP contribution in [-0.2, 0) is 4.74 Å². The summed E-state index contributed by atoms with van der Waals surface area (Å²) in [6, 6.07) is 0. The van der Waals surface area contributed by atoms with Crippen LogP contribution in [0.2, 0.25) is 0 Å². The molecular weight excluding hydrogens is 147 g/mol. The van der Waals surface area contributed by atoms with Crippen molar-refractivity contribution in [3.63, 3.8) is 0 Å². The van der Waals surface area contributed by atoms with Crippen molar-refractivity contribution in [1.29, 1.82) is 0 Å². The molecule has 0 aliphatic heterocycles. The van der Waals surface area contributed by atoms with Crippen LogP contribution in [0.25, 0.3) is 0 Å². The molecule has 0 spiro atoms. The fraction of sp³-hybridized carbons (Fsp3) is 0.200. The molecule has 0 aromatic carbocycles. The van der Waals surface area contributed by atoms with E-state index in [-0.39, 0.29) is 6.61 Å². The topological polar surface area (TPSA) is 9.23 Å². The van der Waals surface area contributed by atoms with Crippen molar-refractivity contribution in [2.75, 3.05) is 6.61 Å². The average Bonchev–Trinajstić information content (AvgIpc) is 1.81. The summed E-state index contributed by atoms with van der Waals surface area (Å²) in [6.07, 6.45) is 2.14. The van der Waals surface area contributed by atoms with Gasteiger partial charge in [0.05, 0.1) is 0 Å². The van der Waals surface area contributed by atoms with E-state index in [9.17, 15) is 0 Å². The molecule has 42 valence electrons. The summed E-state index contributed by atoms with van der Waals surface area (Å²) in [5.74, 6) is 2.42. The van der Waals surface area contributed by atoms with E-state index in [0.717, 1.165) is 0 Å². The summed E-state index contributed by atoms with van der Waals surface area (Å²) in [5.41, 5.74) is 0. The fourth-order valence-electron chi connectivity index (χ4n) is 0.127. The Kier molecular flexibility index (Phi) is 6.09. The van der Waals surface area contributed by atoms with Crippen LogP contribution in [0.5, 0.6) is 0 Å². The van der Waals surface area contributed by atoms with Gasteiger partial charge in [-0.05, 0) is 29.1 Å². The molecule has 0 atom stereocenters. The summed E-state index contributed by atoms with van der Waals surface area (Å²) in [5, 5.41) is 4.13. The molecule has 3 heteroatoms. The first-order chi connectivity index (χ1) is 3.91. The van der Waals surface area contributed by atoms with E-state index >= 15 is 0 Å². The zero-order valence-corrected chi connectivity index (χ0v) is 5.38. The molecular formula is C5H2Cl2O. The number of halogens is 2. The fourth-order valence-corrected chi connectivity index (χ4v) is 0.236. The molecule has 1 nitrogen and oxygen atoms in total. The quantitative estimate of drug-likeness (QED) is 0.404. The van der Waals surface area contributed by atoms with Crippen molar-refractivity contribution in [3.05, 3.63) is 0 Å². The van der Waals surface area contributed by atoms with Gasteiger partial charge in [0, 0.05) is 10.8 Å². The molecule has 0 saturated carbocycles. The Morgan fingerprint density at radius 2 is 2.00 bits per heavy atom. The van der Waals surface area contributed by atoms with Gasteiger partial charge in [-0.3, -0.25) is 0 Å². The van der Waals surface area contributed by atoms with Crippen LogP contribution in [0.1, 0.15) is 0 Å². The van der Waals surface area contributed by atoms with Gasteiger partial charge < -0.3 is 4.74 Å². The predicted molar refractivity (Wildman–Crippen MR) is 33.2 cm³/mol. The van der Waals surface area contributed by atoms with Crippen molar-refractivity contribution < 1.29 is 4.74 Å². The number of hydrogen-bond acceptors (Lipinski definition) is 1. The maximum atomic E-state index is 4.96. The highest BCUT2D eigenvalue weighted by molar-refractivity contribution is 6.30. The largest absolute Gasteiger partial charge is 0.433 e. The average molecular weight is 149 g/mol. The van der Waals surface area contributed by atoms with Crippen LogP contribution in [0.4, 0.5) is 0 Å². The molecule has 0 aliphatic carbocycles. The summed E-state index contributed by atoms with van der Waals surface area (Å²) in [7, 11) is 0. The van der Waals surface area contributed by atoms with Gasteiger partial charge in [-0.2, -0.15) is 0 Å². The highest BCUT2D eigenvalue weighted by Gasteiger charge is 1.67. The normalized spacial score (nSPS) is 5.25. The molecule has 0 heterocycles. The second kappa shape index (κ2) is 6.50. The van der Waals surface area contributed by atoms with Crippen molar-refractivity contribution in [2.45, 2.75) is 0 Å². The minimum absolute atomic E-state index is 0.198. The number of ether oxygens (including phenoxy) is 1. The van der Waals surface area contributed by atoms with Gasteiger partial charge in [-0.15, -0.1) is 0 Å². The maximum absolute atomic E-state index is 4.96. The van der Waals surface area contributed by atoms with Crippen molar-refractivity contribution >= 4 is 23.2 Å². The van der Waals surface area contributed by atoms with Gasteiger partial charge in [-0.1, -0.05) is 0 Å². The first kappa shape index (κ1) is 7.50. The van der Waals surface area contributed by atoms with Crippen molar-refractivity contribution in [1.82, 2.24) is 0 Å². The molecule has 0 aliphatic rings. The minimum Gasteiger partial charge on any atom is -0.433 e. The maximum Gasteiger partial charge on any atom is 0.162 e. The van der Waals surface area contributed by atoms with Gasteiger partial charge in [0.15, 0.2) is 6.61 Å². The van der Waals surface area contributed by atoms with E-state index in [1.807, 2.05) is 5.38 Å². The van der Waals surface area contributed by atoms with Crippen molar-refractivity contribution in [2.24, 2.45) is 0 Å². The molecule has 0 fully saturated rings. The SMILES string of the molecule is ClC#CCOC#CCl. The third-order valence-corrected chi connectivity index (χ3v) is 0.533. The van der Waals surface area contributed by atoms with E-state index in [1.54, 1.807) is 0 Å². The summed E-state index contributed by atoms with van der Waals surface area (Å²) >= 11 is 9.87. The third kappa shape index (κ3) is 5.50. The Balaban J connectivity index is 3.10. The second-order valence-corrected chi connectivity index (χ2v) is 1.13. The molecule has 0 saturated heterocycles. The molecule has 0 aromatic rings. The van der Waals surface area contributed by atoms with Gasteiger partial charge in [0.2, 0.25) is 0 Å². The molecule has 0 radical (unpaired) electrons. The van der Waals surface area contributed by atoms with Crippen molar-refractivity contribution in [3.8, 4) is 22.8 Å². The van der Waals surface area contributed by atoms with Gasteiger partial charge in [0.1, 0.15) is 6.11 Å². The molecule has 0 N–H and O–H groups in total. The van der Waals surface area contributed by atoms with Crippen LogP contribution in [0.3, 0.4) is 0 Å². The Morgan fingerprint density at radius 3 is 2.50 bits per heavy atom. The third-order valence-electron chi connectivity index (χ3n) is 0.322. The van der Waals surface area contributed by atoms with Gasteiger partial charge in [0.25, 0.3) is 0 Å². The monoisotopic (exact) mass is 148 g/mol. The smallest absolute Gasteiger partial charge is 0.162 e. The van der Waals surface area contributed by atoms with E-state index in [2.05, 4.69) is 22.1 Å². The summed E-state index contributed by atoms with van der Waals surface area (Å²) < 4.78 is 4.47. The van der Waals surface area contributed by atoms with E-state index < -0.39 is 0 Å². The van der Waals surface area contributed by atoms with Crippen LogP contribution < -0.4 is 0 Å². The molecule has 0 unspecified atom stereocenters. The number of rotatable bonds is 1. The van der Waals surface area contributed by atoms with E-state index in [4.69, 9.17) is 23.2 Å². The van der Waals surface area contributed by atoms with Crippen LogP contribution in [0.15, 0.2) is 0 Å². The zero-order chi connectivity index (χ0) is 6.24. The Hall–Kier alpha value is -0.500. The molecule has 8 heavy (non-hydrogen) atoms. The predicted octanol–water partition coefficient (Wildman–Crippen LogP) is 1.36. The summed E-state index contributed by atoms with van der Waals surface area (Å²) in [4.78, 5) is 0. The molecule has 0 bridgehead atoms.